The highest BCUT2D eigenvalue weighted by atomic mass is 16.3. The molecule has 0 atom stereocenters. The summed E-state index contributed by atoms with van der Waals surface area (Å²) in [5.74, 6) is 0. The number of anilines is 3. The summed E-state index contributed by atoms with van der Waals surface area (Å²) in [5, 5.41) is 7.48. The van der Waals surface area contributed by atoms with E-state index in [0.29, 0.717) is 28.0 Å². The zero-order chi connectivity index (χ0) is 44.0. The lowest BCUT2D eigenvalue weighted by Gasteiger charge is -2.28. The Bertz CT molecular complexity index is 3540. The second kappa shape index (κ2) is 13.2. The van der Waals surface area contributed by atoms with E-state index in [2.05, 4.69) is 6.07 Å². The molecule has 0 bridgehead atoms. The molecule has 0 N–H and O–H groups in total. The maximum absolute atomic E-state index is 9.67. The number of rotatable bonds is 6. The molecule has 0 amide bonds. The fourth-order valence-corrected chi connectivity index (χ4v) is 7.75. The third kappa shape index (κ3) is 5.51. The van der Waals surface area contributed by atoms with Gasteiger partial charge in [0.25, 0.3) is 0 Å². The van der Waals surface area contributed by atoms with E-state index in [9.17, 15) is 11.0 Å². The van der Waals surface area contributed by atoms with E-state index in [0.717, 1.165) is 54.2 Å². The van der Waals surface area contributed by atoms with Crippen molar-refractivity contribution < 1.29 is 15.4 Å². The predicted molar refractivity (Wildman–Crippen MR) is 237 cm³/mol. The Hall–Kier alpha value is -7.42. The minimum absolute atomic E-state index is 0.105. The molecule has 11 rings (SSSR count). The average Bonchev–Trinajstić information content (AvgIpc) is 3.71. The highest BCUT2D eigenvalue weighted by Gasteiger charge is 2.19. The van der Waals surface area contributed by atoms with E-state index in [1.165, 1.54) is 4.90 Å². The molecule has 0 spiro atoms. The molecule has 0 fully saturated rings. The minimum atomic E-state index is -0.405. The lowest BCUT2D eigenvalue weighted by molar-refractivity contribution is 0.672. The highest BCUT2D eigenvalue weighted by Crippen LogP contribution is 2.44. The molecular weight excluding hydrogens is 679 g/mol. The highest BCUT2D eigenvalue weighted by molar-refractivity contribution is 6.15. The molecule has 0 saturated carbocycles. The Balaban J connectivity index is 1.17. The summed E-state index contributed by atoms with van der Waals surface area (Å²) in [5.41, 5.74) is 3.86. The van der Waals surface area contributed by atoms with Crippen LogP contribution in [0.5, 0.6) is 0 Å². The number of hydrogen-bond donors (Lipinski definition) is 0. The molecule has 10 aromatic carbocycles. The van der Waals surface area contributed by atoms with Gasteiger partial charge in [-0.2, -0.15) is 0 Å². The molecule has 0 aliphatic carbocycles. The number of fused-ring (bicyclic) bond motifs is 7. The van der Waals surface area contributed by atoms with Crippen LogP contribution in [0.2, 0.25) is 0 Å². The maximum atomic E-state index is 9.67. The first-order chi connectivity index (χ1) is 31.1. The van der Waals surface area contributed by atoms with Gasteiger partial charge < -0.3 is 9.32 Å². The first-order valence-corrected chi connectivity index (χ1v) is 18.5. The molecule has 0 unspecified atom stereocenters. The number of hydrogen-bond acceptors (Lipinski definition) is 2. The second-order valence-corrected chi connectivity index (χ2v) is 13.9. The van der Waals surface area contributed by atoms with E-state index in [1.54, 1.807) is 24.3 Å². The zero-order valence-electron chi connectivity index (χ0n) is 37.9. The first-order valence-electron chi connectivity index (χ1n) is 22.5. The molecule has 1 heterocycles. The van der Waals surface area contributed by atoms with Gasteiger partial charge in [0.2, 0.25) is 0 Å². The van der Waals surface area contributed by atoms with Crippen molar-refractivity contribution in [2.45, 2.75) is 0 Å². The van der Waals surface area contributed by atoms with Crippen molar-refractivity contribution in [2.24, 2.45) is 0 Å². The standard InChI is InChI=1S/C54H35NO/c1-3-12-41-33-43(19-17-36(41)9-1)38-21-27-46(28-22-38)55(47-29-23-39(24-30-47)44-20-18-37-10-2-4-13-42(37)34-44)52-16-8-7-14-48(52)45-26-32-53-51(35-45)50-31-25-40-11-5-6-15-49(40)54(50)56-53/h1-35H/i21D,22D,23D,24D,27D,28D,29D,30D. The van der Waals surface area contributed by atoms with Gasteiger partial charge in [-0.15, -0.1) is 0 Å². The third-order valence-corrected chi connectivity index (χ3v) is 10.6. The lowest BCUT2D eigenvalue weighted by Crippen LogP contribution is -2.11. The van der Waals surface area contributed by atoms with Crippen molar-refractivity contribution in [3.05, 3.63) is 212 Å². The van der Waals surface area contributed by atoms with Crippen LogP contribution in [0, 0.1) is 0 Å². The van der Waals surface area contributed by atoms with Gasteiger partial charge in [-0.3, -0.25) is 0 Å². The molecule has 0 aliphatic heterocycles. The van der Waals surface area contributed by atoms with Gasteiger partial charge in [0.15, 0.2) is 0 Å². The number of furan rings is 1. The molecule has 2 nitrogen and oxygen atoms in total. The van der Waals surface area contributed by atoms with Crippen molar-refractivity contribution in [1.29, 1.82) is 0 Å². The number of para-hydroxylation sites is 1. The summed E-state index contributed by atoms with van der Waals surface area (Å²) in [6.07, 6.45) is 0. The van der Waals surface area contributed by atoms with Gasteiger partial charge in [-0.1, -0.05) is 152 Å². The molecule has 2 heteroatoms. The van der Waals surface area contributed by atoms with Gasteiger partial charge in [0.05, 0.1) is 16.7 Å². The fraction of sp³-hybridized carbons (Fsp3) is 0. The summed E-state index contributed by atoms with van der Waals surface area (Å²) in [4.78, 5) is 1.39. The molecule has 0 aliphatic rings. The van der Waals surface area contributed by atoms with E-state index >= 15 is 0 Å². The van der Waals surface area contributed by atoms with E-state index in [4.69, 9.17) is 4.42 Å². The normalized spacial score (nSPS) is 13.6. The number of nitrogens with zero attached hydrogens (tertiary/aromatic N) is 1. The summed E-state index contributed by atoms with van der Waals surface area (Å²) in [6.45, 7) is 0. The van der Waals surface area contributed by atoms with Crippen LogP contribution in [-0.2, 0) is 0 Å². The molecule has 11 aromatic rings. The topological polar surface area (TPSA) is 16.4 Å². The Morgan fingerprint density at radius 2 is 0.875 bits per heavy atom. The molecule has 262 valence electrons. The summed E-state index contributed by atoms with van der Waals surface area (Å²) in [7, 11) is 0. The quantitative estimate of drug-likeness (QED) is 0.170. The Morgan fingerprint density at radius 1 is 0.357 bits per heavy atom. The van der Waals surface area contributed by atoms with Crippen LogP contribution in [0.3, 0.4) is 0 Å². The second-order valence-electron chi connectivity index (χ2n) is 13.9. The number of benzene rings is 10. The molecular formula is C54H35NO. The lowest BCUT2D eigenvalue weighted by atomic mass is 9.98. The third-order valence-electron chi connectivity index (χ3n) is 10.6. The van der Waals surface area contributed by atoms with E-state index in [-0.39, 0.29) is 46.7 Å². The maximum Gasteiger partial charge on any atom is 0.143 e. The van der Waals surface area contributed by atoms with Crippen LogP contribution in [0.4, 0.5) is 17.1 Å². The Morgan fingerprint density at radius 3 is 1.52 bits per heavy atom. The van der Waals surface area contributed by atoms with Crippen LogP contribution in [0.25, 0.3) is 87.6 Å². The molecule has 0 radical (unpaired) electrons. The van der Waals surface area contributed by atoms with Gasteiger partial charge in [0.1, 0.15) is 11.2 Å². The monoisotopic (exact) mass is 721 g/mol. The zero-order valence-corrected chi connectivity index (χ0v) is 29.9. The van der Waals surface area contributed by atoms with Gasteiger partial charge in [-0.05, 0) is 115 Å². The molecule has 1 aromatic heterocycles. The first kappa shape index (κ1) is 24.8. The van der Waals surface area contributed by atoms with Crippen molar-refractivity contribution in [2.75, 3.05) is 4.90 Å². The molecule has 56 heavy (non-hydrogen) atoms. The Labute approximate surface area is 336 Å². The minimum Gasteiger partial charge on any atom is -0.455 e. The summed E-state index contributed by atoms with van der Waals surface area (Å²) in [6, 6.07) is 48.8. The SMILES string of the molecule is [2H]c1c([2H])c(N(c2ccccc2-c2ccc3oc4c5ccccc5ccc4c3c2)c2c([2H])c([2H])c(-c3ccc4ccccc4c3)c([2H])c2[2H])c([2H])c([2H])c1-c1ccc2ccccc2c1. The van der Waals surface area contributed by atoms with Crippen LogP contribution in [0.15, 0.2) is 217 Å². The van der Waals surface area contributed by atoms with Gasteiger partial charge in [-0.25, -0.2) is 0 Å². The van der Waals surface area contributed by atoms with Crippen LogP contribution < -0.4 is 4.90 Å². The smallest absolute Gasteiger partial charge is 0.143 e. The van der Waals surface area contributed by atoms with Crippen molar-refractivity contribution in [3.8, 4) is 33.4 Å². The van der Waals surface area contributed by atoms with E-state index < -0.39 is 24.2 Å². The van der Waals surface area contributed by atoms with Gasteiger partial charge in [0, 0.05) is 33.1 Å². The van der Waals surface area contributed by atoms with Gasteiger partial charge >= 0.3 is 0 Å². The van der Waals surface area contributed by atoms with Crippen molar-refractivity contribution >= 4 is 71.3 Å². The summed E-state index contributed by atoms with van der Waals surface area (Å²) >= 11 is 0. The van der Waals surface area contributed by atoms with Crippen LogP contribution >= 0.6 is 0 Å². The average molecular weight is 722 g/mol. The van der Waals surface area contributed by atoms with Crippen molar-refractivity contribution in [1.82, 2.24) is 0 Å². The largest absolute Gasteiger partial charge is 0.455 e. The van der Waals surface area contributed by atoms with Crippen LogP contribution in [0.1, 0.15) is 11.0 Å². The fourth-order valence-electron chi connectivity index (χ4n) is 7.75. The molecule has 0 saturated heterocycles. The van der Waals surface area contributed by atoms with Crippen molar-refractivity contribution in [3.63, 3.8) is 0 Å². The summed E-state index contributed by atoms with van der Waals surface area (Å²) < 4.78 is 83.0. The van der Waals surface area contributed by atoms with E-state index in [1.807, 2.05) is 133 Å². The van der Waals surface area contributed by atoms with Crippen LogP contribution in [-0.4, -0.2) is 0 Å². The predicted octanol–water partition coefficient (Wildman–Crippen LogP) is 15.5. The Kier molecular flexibility index (Phi) is 5.83.